The molecule has 1 unspecified atom stereocenters. The van der Waals surface area contributed by atoms with Gasteiger partial charge < -0.3 is 20.3 Å². The van der Waals surface area contributed by atoms with Crippen LogP contribution in [0.3, 0.4) is 0 Å². The average Bonchev–Trinajstić information content (AvgIpc) is 3.31. The molecule has 1 saturated heterocycles. The molecule has 2 aromatic carbocycles. The molecule has 1 amide bonds. The van der Waals surface area contributed by atoms with Crippen LogP contribution in [0.4, 0.5) is 0 Å². The zero-order valence-electron chi connectivity index (χ0n) is 22.4. The minimum absolute atomic E-state index is 0.155. The summed E-state index contributed by atoms with van der Waals surface area (Å²) in [4.78, 5) is 37.7. The highest BCUT2D eigenvalue weighted by molar-refractivity contribution is 6.08. The molecule has 0 aliphatic carbocycles. The Morgan fingerprint density at radius 3 is 2.56 bits per heavy atom. The lowest BCUT2D eigenvalue weighted by Crippen LogP contribution is -2.56. The molecule has 9 nitrogen and oxygen atoms in total. The van der Waals surface area contributed by atoms with Crippen molar-refractivity contribution in [1.82, 2.24) is 25.0 Å². The van der Waals surface area contributed by atoms with Crippen molar-refractivity contribution in [3.63, 3.8) is 0 Å². The molecule has 3 aliphatic heterocycles. The fraction of sp³-hybridized carbons (Fsp3) is 0.367. The van der Waals surface area contributed by atoms with Crippen LogP contribution in [0.1, 0.15) is 30.7 Å². The summed E-state index contributed by atoms with van der Waals surface area (Å²) < 4.78 is 0. The van der Waals surface area contributed by atoms with E-state index in [0.717, 1.165) is 51.2 Å². The molecule has 1 aromatic heterocycles. The Morgan fingerprint density at radius 1 is 1.05 bits per heavy atom. The first-order valence-electron chi connectivity index (χ1n) is 13.5. The number of aromatic amines is 1. The van der Waals surface area contributed by atoms with Gasteiger partial charge in [0, 0.05) is 88.2 Å². The first-order chi connectivity index (χ1) is 18.8. The maximum atomic E-state index is 11.6. The maximum Gasteiger partial charge on any atom is 0.338 e. The quantitative estimate of drug-likeness (QED) is 0.472. The molecule has 3 aromatic rings. The molecule has 0 saturated carbocycles. The monoisotopic (exact) mass is 526 g/mol. The SMILES string of the molecule is CC(=O)N1CCN(Cc2cccc(-c3ccc4[nH]c5c(c4c3)CN(C3(C)N=CC(C(=O)O)=CN3)CC5)c2)CC1. The normalized spacial score (nSPS) is 21.9. The van der Waals surface area contributed by atoms with Crippen molar-refractivity contribution in [2.45, 2.75) is 39.1 Å². The number of aliphatic carboxylic acids is 1. The summed E-state index contributed by atoms with van der Waals surface area (Å²) in [5.41, 5.74) is 7.45. The first kappa shape index (κ1) is 25.3. The van der Waals surface area contributed by atoms with Crippen molar-refractivity contribution < 1.29 is 14.7 Å². The molecular weight excluding hydrogens is 492 g/mol. The highest BCUT2D eigenvalue weighted by Crippen LogP contribution is 2.34. The Morgan fingerprint density at radius 2 is 1.85 bits per heavy atom. The topological polar surface area (TPSA) is 104 Å². The van der Waals surface area contributed by atoms with E-state index < -0.39 is 11.8 Å². The van der Waals surface area contributed by atoms with E-state index in [1.54, 1.807) is 6.92 Å². The average molecular weight is 527 g/mol. The second-order valence-corrected chi connectivity index (χ2v) is 10.8. The van der Waals surface area contributed by atoms with Crippen molar-refractivity contribution >= 4 is 29.0 Å². The van der Waals surface area contributed by atoms with E-state index in [0.29, 0.717) is 6.54 Å². The Hall–Kier alpha value is -3.95. The van der Waals surface area contributed by atoms with E-state index in [9.17, 15) is 14.7 Å². The summed E-state index contributed by atoms with van der Waals surface area (Å²) in [5, 5.41) is 13.7. The second kappa shape index (κ2) is 9.98. The highest BCUT2D eigenvalue weighted by atomic mass is 16.4. The van der Waals surface area contributed by atoms with Crippen LogP contribution >= 0.6 is 0 Å². The number of carbonyl (C=O) groups excluding carboxylic acids is 1. The summed E-state index contributed by atoms with van der Waals surface area (Å²) in [7, 11) is 0. The van der Waals surface area contributed by atoms with E-state index >= 15 is 0 Å². The molecule has 1 atom stereocenters. The first-order valence-corrected chi connectivity index (χ1v) is 13.5. The summed E-state index contributed by atoms with van der Waals surface area (Å²) in [6, 6.07) is 15.4. The Bertz CT molecular complexity index is 1500. The molecule has 4 heterocycles. The fourth-order valence-electron chi connectivity index (χ4n) is 5.87. The van der Waals surface area contributed by atoms with Crippen LogP contribution in [0, 0.1) is 0 Å². The Labute approximate surface area is 227 Å². The van der Waals surface area contributed by atoms with E-state index in [4.69, 9.17) is 0 Å². The van der Waals surface area contributed by atoms with Gasteiger partial charge >= 0.3 is 5.97 Å². The molecular formula is C30H34N6O3. The van der Waals surface area contributed by atoms with Crippen LogP contribution in [-0.4, -0.2) is 81.4 Å². The molecule has 1 fully saturated rings. The lowest BCUT2D eigenvalue weighted by atomic mass is 9.98. The number of rotatable bonds is 5. The van der Waals surface area contributed by atoms with Crippen molar-refractivity contribution in [3.05, 3.63) is 71.1 Å². The summed E-state index contributed by atoms with van der Waals surface area (Å²) in [5.74, 6) is -1.52. The van der Waals surface area contributed by atoms with Gasteiger partial charge in [-0.25, -0.2) is 9.79 Å². The van der Waals surface area contributed by atoms with Crippen molar-refractivity contribution in [2.24, 2.45) is 4.99 Å². The van der Waals surface area contributed by atoms with Crippen molar-refractivity contribution in [2.75, 3.05) is 32.7 Å². The van der Waals surface area contributed by atoms with E-state index in [-0.39, 0.29) is 11.5 Å². The van der Waals surface area contributed by atoms with Gasteiger partial charge in [-0.1, -0.05) is 24.3 Å². The van der Waals surface area contributed by atoms with Crippen LogP contribution in [0.5, 0.6) is 0 Å². The molecule has 9 heteroatoms. The van der Waals surface area contributed by atoms with Crippen LogP contribution in [0.25, 0.3) is 22.0 Å². The Kier molecular flexibility index (Phi) is 6.48. The number of aromatic nitrogens is 1. The number of carbonyl (C=O) groups is 2. The largest absolute Gasteiger partial charge is 0.478 e. The van der Waals surface area contributed by atoms with Gasteiger partial charge in [-0.3, -0.25) is 14.6 Å². The number of hydrogen-bond acceptors (Lipinski definition) is 6. The molecule has 0 spiro atoms. The number of amides is 1. The van der Waals surface area contributed by atoms with Crippen molar-refractivity contribution in [1.29, 1.82) is 0 Å². The van der Waals surface area contributed by atoms with Crippen LogP contribution in [0.15, 0.2) is 59.2 Å². The van der Waals surface area contributed by atoms with Gasteiger partial charge in [0.15, 0.2) is 5.79 Å². The second-order valence-electron chi connectivity index (χ2n) is 10.8. The standard InChI is InChI=1S/C30H34N6O3/c1-20(37)35-12-10-34(11-13-35)18-21-4-3-5-22(14-21)23-6-7-27-25(15-23)26-19-36(9-8-28(26)33-27)30(2)31-16-24(17-32-30)29(38)39/h3-7,14-17,31,33H,8-13,18-19H2,1-2H3,(H,38,39). The zero-order valence-corrected chi connectivity index (χ0v) is 22.4. The lowest BCUT2D eigenvalue weighted by molar-refractivity contribution is -0.132. The number of fused-ring (bicyclic) bond motifs is 3. The number of nitrogens with zero attached hydrogens (tertiary/aromatic N) is 4. The third kappa shape index (κ3) is 4.95. The molecule has 6 rings (SSSR count). The predicted octanol–water partition coefficient (Wildman–Crippen LogP) is 3.17. The molecule has 3 aliphatic rings. The lowest BCUT2D eigenvalue weighted by Gasteiger charge is -2.41. The van der Waals surface area contributed by atoms with Gasteiger partial charge in [0.1, 0.15) is 0 Å². The number of carboxylic acid groups (broad SMARTS) is 1. The number of carboxylic acids is 1. The number of nitrogens with one attached hydrogen (secondary N) is 2. The third-order valence-corrected chi connectivity index (χ3v) is 8.28. The smallest absolute Gasteiger partial charge is 0.338 e. The molecule has 202 valence electrons. The van der Waals surface area contributed by atoms with E-state index in [1.165, 1.54) is 45.7 Å². The van der Waals surface area contributed by atoms with Crippen molar-refractivity contribution in [3.8, 4) is 11.1 Å². The number of H-pyrrole nitrogens is 1. The van der Waals surface area contributed by atoms with Crippen LogP contribution < -0.4 is 5.32 Å². The van der Waals surface area contributed by atoms with Crippen LogP contribution in [0.2, 0.25) is 0 Å². The maximum absolute atomic E-state index is 11.6. The molecule has 39 heavy (non-hydrogen) atoms. The minimum Gasteiger partial charge on any atom is -0.478 e. The summed E-state index contributed by atoms with van der Waals surface area (Å²) in [6.07, 6.45) is 3.85. The predicted molar refractivity (Wildman–Crippen MR) is 151 cm³/mol. The summed E-state index contributed by atoms with van der Waals surface area (Å²) in [6.45, 7) is 9.39. The summed E-state index contributed by atoms with van der Waals surface area (Å²) >= 11 is 0. The van der Waals surface area contributed by atoms with E-state index in [1.807, 2.05) is 11.8 Å². The Balaban J connectivity index is 1.21. The van der Waals surface area contributed by atoms with Gasteiger partial charge in [-0.05, 0) is 47.4 Å². The van der Waals surface area contributed by atoms with Gasteiger partial charge in [0.05, 0.1) is 5.57 Å². The van der Waals surface area contributed by atoms with Gasteiger partial charge in [-0.2, -0.15) is 0 Å². The number of hydrogen-bond donors (Lipinski definition) is 3. The molecule has 0 radical (unpaired) electrons. The number of piperazine rings is 1. The number of benzene rings is 2. The third-order valence-electron chi connectivity index (χ3n) is 8.28. The van der Waals surface area contributed by atoms with Gasteiger partial charge in [0.2, 0.25) is 5.91 Å². The fourth-order valence-corrected chi connectivity index (χ4v) is 5.87. The van der Waals surface area contributed by atoms with Gasteiger partial charge in [0.25, 0.3) is 0 Å². The highest BCUT2D eigenvalue weighted by Gasteiger charge is 2.35. The molecule has 3 N–H and O–H groups in total. The van der Waals surface area contributed by atoms with E-state index in [2.05, 4.69) is 67.6 Å². The minimum atomic E-state index is -0.988. The van der Waals surface area contributed by atoms with Crippen LogP contribution in [-0.2, 0) is 29.1 Å². The van der Waals surface area contributed by atoms with Gasteiger partial charge in [-0.15, -0.1) is 0 Å². The zero-order chi connectivity index (χ0) is 27.1. The molecule has 0 bridgehead atoms. The number of aliphatic imine (C=N–C) groups is 1.